The number of hydrogen-bond acceptors (Lipinski definition) is 5. The molecule has 1 heterocycles. The maximum atomic E-state index is 13.3. The minimum atomic E-state index is -1.55. The van der Waals surface area contributed by atoms with Crippen LogP contribution in [0.15, 0.2) is 18.2 Å². The van der Waals surface area contributed by atoms with Crippen molar-refractivity contribution in [1.82, 2.24) is 9.97 Å². The van der Waals surface area contributed by atoms with Crippen LogP contribution in [0.25, 0.3) is 0 Å². The van der Waals surface area contributed by atoms with E-state index < -0.39 is 17.5 Å². The van der Waals surface area contributed by atoms with Crippen LogP contribution in [0.4, 0.5) is 30.5 Å². The first kappa shape index (κ1) is 23.7. The molecule has 2 aromatic rings. The summed E-state index contributed by atoms with van der Waals surface area (Å²) < 4.78 is 39.7. The number of amides is 1. The quantitative estimate of drug-likeness (QED) is 0.674. The van der Waals surface area contributed by atoms with Gasteiger partial charge >= 0.3 is 0 Å². The number of carbonyl (C=O) groups excluding carboxylic acids is 1. The van der Waals surface area contributed by atoms with Crippen molar-refractivity contribution in [3.63, 3.8) is 0 Å². The molecule has 164 valence electrons. The maximum Gasteiger partial charge on any atom is 0.227 e. The summed E-state index contributed by atoms with van der Waals surface area (Å²) in [5.41, 5.74) is -0.0840. The van der Waals surface area contributed by atoms with Gasteiger partial charge in [0, 0.05) is 49.9 Å². The fraction of sp³-hybridized carbons (Fsp3) is 0.450. The number of nitrogens with zero attached hydrogens (tertiary/aromatic N) is 3. The summed E-state index contributed by atoms with van der Waals surface area (Å²) in [7, 11) is 3.82. The Labute approximate surface area is 179 Å². The monoisotopic (exact) mass is 443 g/mol. The van der Waals surface area contributed by atoms with Gasteiger partial charge in [0.15, 0.2) is 17.5 Å². The standard InChI is InChI=1S/C20H24F3N5O.ClH/c1-11-24-17(10-18(25-11)28(2)3)26-13-6-4-12(5-7-13)20(29)27-14-8-15(21)19(23)16(22)9-14;/h8-10,12-13H,4-7H2,1-3H3,(H,27,29)(H,24,25,26);1H/t12-,13+;. The number of rotatable bonds is 5. The van der Waals surface area contributed by atoms with Crippen LogP contribution in [0.2, 0.25) is 0 Å². The van der Waals surface area contributed by atoms with Gasteiger partial charge in [0.2, 0.25) is 5.91 Å². The second-order valence-electron chi connectivity index (χ2n) is 7.49. The molecule has 0 saturated heterocycles. The normalized spacial score (nSPS) is 18.3. The fourth-order valence-corrected chi connectivity index (χ4v) is 3.44. The molecule has 0 spiro atoms. The lowest BCUT2D eigenvalue weighted by atomic mass is 9.85. The number of halogens is 4. The first-order chi connectivity index (χ1) is 13.7. The molecule has 10 heteroatoms. The van der Waals surface area contributed by atoms with E-state index in [0.29, 0.717) is 18.7 Å². The topological polar surface area (TPSA) is 70.2 Å². The SMILES string of the molecule is Cc1nc(N[C@H]2CC[C@@H](C(=O)Nc3cc(F)c(F)c(F)c3)CC2)cc(N(C)C)n1.Cl. The van der Waals surface area contributed by atoms with E-state index in [9.17, 15) is 18.0 Å². The highest BCUT2D eigenvalue weighted by atomic mass is 35.5. The van der Waals surface area contributed by atoms with Crippen molar-refractivity contribution in [2.75, 3.05) is 29.6 Å². The number of anilines is 3. The van der Waals surface area contributed by atoms with Gasteiger partial charge < -0.3 is 15.5 Å². The molecule has 0 atom stereocenters. The summed E-state index contributed by atoms with van der Waals surface area (Å²) in [5.74, 6) is -2.57. The van der Waals surface area contributed by atoms with Gasteiger partial charge in [0.05, 0.1) is 0 Å². The average molecular weight is 444 g/mol. The molecule has 1 fully saturated rings. The largest absolute Gasteiger partial charge is 0.367 e. The Bertz CT molecular complexity index is 881. The van der Waals surface area contributed by atoms with E-state index in [4.69, 9.17) is 0 Å². The Morgan fingerprint density at radius 2 is 1.63 bits per heavy atom. The van der Waals surface area contributed by atoms with E-state index in [-0.39, 0.29) is 36.0 Å². The Morgan fingerprint density at radius 3 is 2.20 bits per heavy atom. The van der Waals surface area contributed by atoms with Crippen LogP contribution in [0, 0.1) is 30.3 Å². The summed E-state index contributed by atoms with van der Waals surface area (Å²) in [4.78, 5) is 23.1. The van der Waals surface area contributed by atoms with Crippen LogP contribution in [0.5, 0.6) is 0 Å². The molecule has 0 aliphatic heterocycles. The third-order valence-electron chi connectivity index (χ3n) is 4.98. The summed E-state index contributed by atoms with van der Waals surface area (Å²) in [5, 5.41) is 5.88. The van der Waals surface area contributed by atoms with Gasteiger partial charge in [-0.25, -0.2) is 23.1 Å². The lowest BCUT2D eigenvalue weighted by Gasteiger charge is -2.29. The van der Waals surface area contributed by atoms with E-state index in [0.717, 1.165) is 36.6 Å². The number of aromatic nitrogens is 2. The Balaban J connectivity index is 0.00000320. The number of aryl methyl sites for hydroxylation is 1. The summed E-state index contributed by atoms with van der Waals surface area (Å²) in [6.07, 6.45) is 2.76. The van der Waals surface area contributed by atoms with Crippen LogP contribution < -0.4 is 15.5 Å². The molecule has 1 aliphatic carbocycles. The first-order valence-corrected chi connectivity index (χ1v) is 9.48. The molecule has 0 radical (unpaired) electrons. The molecule has 1 aliphatic rings. The predicted octanol–water partition coefficient (Wildman–Crippen LogP) is 4.30. The number of carbonyl (C=O) groups is 1. The van der Waals surface area contributed by atoms with E-state index in [1.165, 1.54) is 0 Å². The van der Waals surface area contributed by atoms with Gasteiger partial charge in [0.25, 0.3) is 0 Å². The van der Waals surface area contributed by atoms with Crippen molar-refractivity contribution in [1.29, 1.82) is 0 Å². The number of hydrogen-bond donors (Lipinski definition) is 2. The summed E-state index contributed by atoms with van der Waals surface area (Å²) >= 11 is 0. The van der Waals surface area contributed by atoms with E-state index >= 15 is 0 Å². The Morgan fingerprint density at radius 1 is 1.03 bits per heavy atom. The Kier molecular flexibility index (Phi) is 7.89. The van der Waals surface area contributed by atoms with Gasteiger partial charge in [-0.3, -0.25) is 4.79 Å². The summed E-state index contributed by atoms with van der Waals surface area (Å²) in [6, 6.07) is 3.61. The fourth-order valence-electron chi connectivity index (χ4n) is 3.44. The maximum absolute atomic E-state index is 13.3. The van der Waals surface area contributed by atoms with E-state index in [1.807, 2.05) is 32.0 Å². The van der Waals surface area contributed by atoms with Crippen molar-refractivity contribution in [3.05, 3.63) is 41.5 Å². The predicted molar refractivity (Wildman–Crippen MR) is 113 cm³/mol. The molecule has 3 rings (SSSR count). The van der Waals surface area contributed by atoms with Crippen molar-refractivity contribution >= 4 is 35.6 Å². The van der Waals surface area contributed by atoms with Gasteiger partial charge in [-0.1, -0.05) is 0 Å². The first-order valence-electron chi connectivity index (χ1n) is 9.48. The number of nitrogens with one attached hydrogen (secondary N) is 2. The molecule has 1 aromatic heterocycles. The second kappa shape index (κ2) is 9.97. The minimum Gasteiger partial charge on any atom is -0.367 e. The van der Waals surface area contributed by atoms with Crippen LogP contribution in [-0.4, -0.2) is 36.0 Å². The smallest absolute Gasteiger partial charge is 0.227 e. The van der Waals surface area contributed by atoms with Crippen LogP contribution in [0.3, 0.4) is 0 Å². The molecule has 2 N–H and O–H groups in total. The lowest BCUT2D eigenvalue weighted by Crippen LogP contribution is -2.32. The highest BCUT2D eigenvalue weighted by molar-refractivity contribution is 5.92. The van der Waals surface area contributed by atoms with Gasteiger partial charge in [-0.15, -0.1) is 12.4 Å². The lowest BCUT2D eigenvalue weighted by molar-refractivity contribution is -0.120. The molecule has 6 nitrogen and oxygen atoms in total. The van der Waals surface area contributed by atoms with Crippen LogP contribution >= 0.6 is 12.4 Å². The third-order valence-corrected chi connectivity index (χ3v) is 4.98. The molecule has 0 unspecified atom stereocenters. The van der Waals surface area contributed by atoms with Gasteiger partial charge in [-0.05, 0) is 32.6 Å². The highest BCUT2D eigenvalue weighted by Crippen LogP contribution is 2.28. The van der Waals surface area contributed by atoms with Crippen molar-refractivity contribution in [2.24, 2.45) is 5.92 Å². The van der Waals surface area contributed by atoms with Gasteiger partial charge in [0.1, 0.15) is 17.5 Å². The van der Waals surface area contributed by atoms with Crippen molar-refractivity contribution < 1.29 is 18.0 Å². The van der Waals surface area contributed by atoms with E-state index in [1.54, 1.807) is 0 Å². The molecule has 1 amide bonds. The zero-order valence-corrected chi connectivity index (χ0v) is 17.8. The van der Waals surface area contributed by atoms with Crippen molar-refractivity contribution in [2.45, 2.75) is 38.6 Å². The second-order valence-corrected chi connectivity index (χ2v) is 7.49. The molecule has 30 heavy (non-hydrogen) atoms. The zero-order valence-electron chi connectivity index (χ0n) is 17.0. The minimum absolute atomic E-state index is 0. The number of benzene rings is 1. The Hall–Kier alpha value is -2.55. The summed E-state index contributed by atoms with van der Waals surface area (Å²) in [6.45, 7) is 1.83. The molecular weight excluding hydrogens is 419 g/mol. The third kappa shape index (κ3) is 5.75. The van der Waals surface area contributed by atoms with Gasteiger partial charge in [-0.2, -0.15) is 0 Å². The molecule has 0 bridgehead atoms. The van der Waals surface area contributed by atoms with E-state index in [2.05, 4.69) is 20.6 Å². The zero-order chi connectivity index (χ0) is 21.1. The van der Waals surface area contributed by atoms with Crippen LogP contribution in [0.1, 0.15) is 31.5 Å². The molecular formula is C20H25ClF3N5O. The van der Waals surface area contributed by atoms with Crippen molar-refractivity contribution in [3.8, 4) is 0 Å². The average Bonchev–Trinajstić information content (AvgIpc) is 2.66. The molecule has 1 saturated carbocycles. The molecule has 1 aromatic carbocycles. The van der Waals surface area contributed by atoms with Crippen LogP contribution in [-0.2, 0) is 4.79 Å². The highest BCUT2D eigenvalue weighted by Gasteiger charge is 2.27.